The van der Waals surface area contributed by atoms with Crippen LogP contribution in [0.15, 0.2) is 0 Å². The maximum absolute atomic E-state index is 11.9. The highest BCUT2D eigenvalue weighted by molar-refractivity contribution is 5.85. The normalized spacial score (nSPS) is 31.3. The van der Waals surface area contributed by atoms with Gasteiger partial charge in [0, 0.05) is 26.6 Å². The SMILES string of the molecule is CN1CC(NC(=O)[C@@H]2CC[C@H](CN)O2)CC1=O.Cl. The second-order valence-electron chi connectivity index (χ2n) is 4.74. The first-order valence-corrected chi connectivity index (χ1v) is 6.00. The van der Waals surface area contributed by atoms with Crippen molar-refractivity contribution in [1.82, 2.24) is 10.2 Å². The van der Waals surface area contributed by atoms with Crippen LogP contribution in [0.25, 0.3) is 0 Å². The molecular formula is C11H20ClN3O3. The van der Waals surface area contributed by atoms with E-state index in [0.717, 1.165) is 6.42 Å². The Hall–Kier alpha value is -0.850. The Balaban J connectivity index is 0.00000162. The van der Waals surface area contributed by atoms with Crippen LogP contribution >= 0.6 is 12.4 Å². The molecule has 0 spiro atoms. The van der Waals surface area contributed by atoms with Crippen LogP contribution in [-0.2, 0) is 14.3 Å². The van der Waals surface area contributed by atoms with Crippen molar-refractivity contribution in [3.8, 4) is 0 Å². The standard InChI is InChI=1S/C11H19N3O3.ClH/c1-14-6-7(4-10(14)15)13-11(16)9-3-2-8(5-12)17-9;/h7-9H,2-6,12H2,1H3,(H,13,16);1H/t7?,8-,9+;/m1./s1. The summed E-state index contributed by atoms with van der Waals surface area (Å²) in [5, 5.41) is 2.86. The van der Waals surface area contributed by atoms with Gasteiger partial charge in [0.15, 0.2) is 0 Å². The lowest BCUT2D eigenvalue weighted by atomic mass is 10.1. The third-order valence-corrected chi connectivity index (χ3v) is 3.35. The molecule has 2 saturated heterocycles. The Bertz CT molecular complexity index is 327. The van der Waals surface area contributed by atoms with Gasteiger partial charge in [-0.05, 0) is 12.8 Å². The van der Waals surface area contributed by atoms with Gasteiger partial charge in [0.25, 0.3) is 0 Å². The Kier molecular flexibility index (Phi) is 5.37. The Morgan fingerprint density at radius 2 is 2.28 bits per heavy atom. The third-order valence-electron chi connectivity index (χ3n) is 3.35. The molecule has 6 nitrogen and oxygen atoms in total. The molecule has 0 aromatic heterocycles. The minimum atomic E-state index is -0.399. The van der Waals surface area contributed by atoms with E-state index < -0.39 is 6.10 Å². The lowest BCUT2D eigenvalue weighted by Gasteiger charge is -2.16. The maximum atomic E-state index is 11.9. The number of carbonyl (C=O) groups excluding carboxylic acids is 2. The highest BCUT2D eigenvalue weighted by Gasteiger charge is 2.33. The van der Waals surface area contributed by atoms with Gasteiger partial charge in [0.1, 0.15) is 6.10 Å². The summed E-state index contributed by atoms with van der Waals surface area (Å²) in [5.41, 5.74) is 5.49. The number of likely N-dealkylation sites (N-methyl/N-ethyl adjacent to an activating group) is 1. The number of carbonyl (C=O) groups is 2. The summed E-state index contributed by atoms with van der Waals surface area (Å²) >= 11 is 0. The van der Waals surface area contributed by atoms with Gasteiger partial charge in [-0.3, -0.25) is 9.59 Å². The number of likely N-dealkylation sites (tertiary alicyclic amines) is 1. The molecule has 2 heterocycles. The number of rotatable bonds is 3. The van der Waals surface area contributed by atoms with Gasteiger partial charge < -0.3 is 20.7 Å². The summed E-state index contributed by atoms with van der Waals surface area (Å²) < 4.78 is 5.50. The van der Waals surface area contributed by atoms with Crippen molar-refractivity contribution in [2.24, 2.45) is 5.73 Å². The van der Waals surface area contributed by atoms with E-state index in [-0.39, 0.29) is 36.4 Å². The number of hydrogen-bond acceptors (Lipinski definition) is 4. The van der Waals surface area contributed by atoms with Crippen molar-refractivity contribution in [2.45, 2.75) is 37.5 Å². The van der Waals surface area contributed by atoms with Crippen molar-refractivity contribution in [3.63, 3.8) is 0 Å². The fourth-order valence-corrected chi connectivity index (χ4v) is 2.33. The summed E-state index contributed by atoms with van der Waals surface area (Å²) in [7, 11) is 1.74. The number of nitrogens with two attached hydrogens (primary N) is 1. The minimum Gasteiger partial charge on any atom is -0.364 e. The topological polar surface area (TPSA) is 84.7 Å². The van der Waals surface area contributed by atoms with E-state index in [4.69, 9.17) is 10.5 Å². The molecule has 0 aromatic rings. The second kappa shape index (κ2) is 6.36. The fourth-order valence-electron chi connectivity index (χ4n) is 2.33. The van der Waals surface area contributed by atoms with E-state index in [1.807, 2.05) is 0 Å². The highest BCUT2D eigenvalue weighted by Crippen LogP contribution is 2.19. The fraction of sp³-hybridized carbons (Fsp3) is 0.818. The summed E-state index contributed by atoms with van der Waals surface area (Å²) in [6, 6.07) is -0.0828. The molecular weight excluding hydrogens is 258 g/mol. The predicted molar refractivity (Wildman–Crippen MR) is 68.4 cm³/mol. The molecule has 0 aliphatic carbocycles. The third kappa shape index (κ3) is 3.34. The molecule has 3 atom stereocenters. The molecule has 2 aliphatic heterocycles. The van der Waals surface area contributed by atoms with Crippen LogP contribution in [0.5, 0.6) is 0 Å². The second-order valence-corrected chi connectivity index (χ2v) is 4.74. The molecule has 0 radical (unpaired) electrons. The zero-order valence-corrected chi connectivity index (χ0v) is 11.2. The Morgan fingerprint density at radius 1 is 1.56 bits per heavy atom. The highest BCUT2D eigenvalue weighted by atomic mass is 35.5. The van der Waals surface area contributed by atoms with Crippen LogP contribution < -0.4 is 11.1 Å². The van der Waals surface area contributed by atoms with Crippen LogP contribution in [0.3, 0.4) is 0 Å². The molecule has 104 valence electrons. The van der Waals surface area contributed by atoms with Crippen molar-refractivity contribution >= 4 is 24.2 Å². The number of ether oxygens (including phenoxy) is 1. The lowest BCUT2D eigenvalue weighted by molar-refractivity contribution is -0.132. The largest absolute Gasteiger partial charge is 0.364 e. The van der Waals surface area contributed by atoms with Crippen molar-refractivity contribution < 1.29 is 14.3 Å². The number of amides is 2. The van der Waals surface area contributed by atoms with Crippen LogP contribution in [0.4, 0.5) is 0 Å². The molecule has 18 heavy (non-hydrogen) atoms. The number of hydrogen-bond donors (Lipinski definition) is 2. The molecule has 2 rings (SSSR count). The Labute approximate surface area is 113 Å². The summed E-state index contributed by atoms with van der Waals surface area (Å²) in [5.74, 6) is -0.0449. The Morgan fingerprint density at radius 3 is 2.78 bits per heavy atom. The molecule has 2 aliphatic rings. The van der Waals surface area contributed by atoms with Crippen LogP contribution in [0.2, 0.25) is 0 Å². The zero-order chi connectivity index (χ0) is 12.4. The van der Waals surface area contributed by atoms with E-state index >= 15 is 0 Å². The maximum Gasteiger partial charge on any atom is 0.249 e. The number of nitrogens with zero attached hydrogens (tertiary/aromatic N) is 1. The molecule has 2 amide bonds. The van der Waals surface area contributed by atoms with Crippen molar-refractivity contribution in [1.29, 1.82) is 0 Å². The molecule has 0 bridgehead atoms. The zero-order valence-electron chi connectivity index (χ0n) is 10.4. The van der Waals surface area contributed by atoms with Crippen molar-refractivity contribution in [3.05, 3.63) is 0 Å². The molecule has 3 N–H and O–H groups in total. The lowest BCUT2D eigenvalue weighted by Crippen LogP contribution is -2.42. The van der Waals surface area contributed by atoms with Gasteiger partial charge in [0.2, 0.25) is 11.8 Å². The van der Waals surface area contributed by atoms with E-state index in [0.29, 0.717) is 25.9 Å². The van der Waals surface area contributed by atoms with Gasteiger partial charge >= 0.3 is 0 Å². The molecule has 0 saturated carbocycles. The van der Waals surface area contributed by atoms with Gasteiger partial charge in [-0.2, -0.15) is 0 Å². The van der Waals surface area contributed by atoms with Gasteiger partial charge in [0.05, 0.1) is 12.1 Å². The van der Waals surface area contributed by atoms with Crippen LogP contribution in [-0.4, -0.2) is 55.1 Å². The first kappa shape index (κ1) is 15.2. The van der Waals surface area contributed by atoms with Gasteiger partial charge in [-0.15, -0.1) is 12.4 Å². The quantitative estimate of drug-likeness (QED) is 0.712. The van der Waals surface area contributed by atoms with Crippen molar-refractivity contribution in [2.75, 3.05) is 20.1 Å². The minimum absolute atomic E-state index is 0. The summed E-state index contributed by atoms with van der Waals surface area (Å²) in [4.78, 5) is 24.8. The summed E-state index contributed by atoms with van der Waals surface area (Å²) in [6.45, 7) is 1.03. The van der Waals surface area contributed by atoms with E-state index in [2.05, 4.69) is 5.32 Å². The van der Waals surface area contributed by atoms with Gasteiger partial charge in [-0.25, -0.2) is 0 Å². The monoisotopic (exact) mass is 277 g/mol. The molecule has 7 heteroatoms. The van der Waals surface area contributed by atoms with E-state index in [1.54, 1.807) is 11.9 Å². The van der Waals surface area contributed by atoms with Gasteiger partial charge in [-0.1, -0.05) is 0 Å². The number of nitrogens with one attached hydrogen (secondary N) is 1. The number of halogens is 1. The summed E-state index contributed by atoms with van der Waals surface area (Å²) in [6.07, 6.45) is 1.53. The average Bonchev–Trinajstić information content (AvgIpc) is 2.87. The molecule has 0 aromatic carbocycles. The first-order chi connectivity index (χ1) is 8.10. The van der Waals surface area contributed by atoms with Crippen LogP contribution in [0, 0.1) is 0 Å². The smallest absolute Gasteiger partial charge is 0.249 e. The van der Waals surface area contributed by atoms with E-state index in [1.165, 1.54) is 0 Å². The van der Waals surface area contributed by atoms with Crippen LogP contribution in [0.1, 0.15) is 19.3 Å². The first-order valence-electron chi connectivity index (χ1n) is 6.00. The van der Waals surface area contributed by atoms with E-state index in [9.17, 15) is 9.59 Å². The molecule has 2 fully saturated rings. The predicted octanol–water partition coefficient (Wildman–Crippen LogP) is -0.739. The molecule has 1 unspecified atom stereocenters. The average molecular weight is 278 g/mol.